The molecule has 1 N–H and O–H groups in total. The van der Waals surface area contributed by atoms with Crippen molar-refractivity contribution < 1.29 is 27.5 Å². The average molecular weight is 546 g/mol. The number of rotatable bonds is 10. The predicted octanol–water partition coefficient (Wildman–Crippen LogP) is 6.75. The van der Waals surface area contributed by atoms with Crippen LogP contribution in [0.25, 0.3) is 0 Å². The van der Waals surface area contributed by atoms with Gasteiger partial charge in [0.1, 0.15) is 5.60 Å². The highest BCUT2D eigenvalue weighted by Crippen LogP contribution is 2.35. The van der Waals surface area contributed by atoms with Gasteiger partial charge in [-0.05, 0) is 82.5 Å². The molecule has 1 aromatic rings. The number of nitrogens with zero attached hydrogens (tertiary/aromatic N) is 2. The van der Waals surface area contributed by atoms with Crippen LogP contribution in [-0.2, 0) is 15.7 Å². The highest BCUT2D eigenvalue weighted by Gasteiger charge is 2.32. The Morgan fingerprint density at radius 2 is 1.84 bits per heavy atom. The molecule has 0 aromatic heterocycles. The maximum Gasteiger partial charge on any atom is 0.416 e. The standard InChI is InChI=1S/C27H42F3N3O3S/c1-7-13-33(37-23-10-8-9-20(17-23)27(28,29)30)22-11-14-32(15-12-22)24(34)18-21(16-19(2)3)31-25(35)36-26(4,5)6/h8-10,17,19,21-22H,7,11-16,18H2,1-6H3,(H,31,35). The summed E-state index contributed by atoms with van der Waals surface area (Å²) in [6, 6.07) is 5.27. The van der Waals surface area contributed by atoms with Crippen LogP contribution in [0.4, 0.5) is 18.0 Å². The summed E-state index contributed by atoms with van der Waals surface area (Å²) < 4.78 is 46.9. The van der Waals surface area contributed by atoms with Gasteiger partial charge in [0.15, 0.2) is 0 Å². The Morgan fingerprint density at radius 3 is 2.38 bits per heavy atom. The van der Waals surface area contributed by atoms with Gasteiger partial charge in [-0.15, -0.1) is 0 Å². The summed E-state index contributed by atoms with van der Waals surface area (Å²) in [6.07, 6.45) is -1.66. The number of benzene rings is 1. The molecule has 0 saturated carbocycles. The van der Waals surface area contributed by atoms with Crippen molar-refractivity contribution in [2.75, 3.05) is 19.6 Å². The van der Waals surface area contributed by atoms with E-state index in [1.54, 1.807) is 26.8 Å². The lowest BCUT2D eigenvalue weighted by atomic mass is 9.99. The van der Waals surface area contributed by atoms with Gasteiger partial charge >= 0.3 is 12.3 Å². The van der Waals surface area contributed by atoms with Gasteiger partial charge in [-0.25, -0.2) is 9.10 Å². The zero-order valence-corrected chi connectivity index (χ0v) is 23.7. The van der Waals surface area contributed by atoms with E-state index in [4.69, 9.17) is 4.74 Å². The molecule has 10 heteroatoms. The van der Waals surface area contributed by atoms with Crippen LogP contribution in [0.3, 0.4) is 0 Å². The third kappa shape index (κ3) is 11.1. The molecule has 2 rings (SSSR count). The van der Waals surface area contributed by atoms with E-state index in [-0.39, 0.29) is 24.4 Å². The molecule has 210 valence electrons. The third-order valence-electron chi connectivity index (χ3n) is 5.95. The molecule has 0 radical (unpaired) electrons. The third-order valence-corrected chi connectivity index (χ3v) is 7.13. The SMILES string of the molecule is CCCN(Sc1cccc(C(F)(F)F)c1)C1CCN(C(=O)CC(CC(C)C)NC(=O)OC(C)(C)C)CC1. The van der Waals surface area contributed by atoms with Crippen molar-refractivity contribution in [2.45, 2.75) is 102 Å². The number of hydrogen-bond donors (Lipinski definition) is 1. The largest absolute Gasteiger partial charge is 0.444 e. The molecule has 1 aliphatic heterocycles. The van der Waals surface area contributed by atoms with Gasteiger partial charge in [0.2, 0.25) is 5.91 Å². The van der Waals surface area contributed by atoms with Crippen molar-refractivity contribution in [3.05, 3.63) is 29.8 Å². The Labute approximate surface area is 223 Å². The van der Waals surface area contributed by atoms with Crippen molar-refractivity contribution in [2.24, 2.45) is 5.92 Å². The molecule has 0 bridgehead atoms. The topological polar surface area (TPSA) is 61.9 Å². The summed E-state index contributed by atoms with van der Waals surface area (Å²) in [7, 11) is 0. The quantitative estimate of drug-likeness (QED) is 0.330. The van der Waals surface area contributed by atoms with E-state index >= 15 is 0 Å². The van der Waals surface area contributed by atoms with Crippen LogP contribution >= 0.6 is 11.9 Å². The van der Waals surface area contributed by atoms with Gasteiger partial charge in [0.05, 0.1) is 5.56 Å². The Bertz CT molecular complexity index is 882. The molecule has 0 aliphatic carbocycles. The lowest BCUT2D eigenvalue weighted by molar-refractivity contribution is -0.137. The fraction of sp³-hybridized carbons (Fsp3) is 0.704. The summed E-state index contributed by atoms with van der Waals surface area (Å²) in [6.45, 7) is 13.4. The molecule has 1 heterocycles. The van der Waals surface area contributed by atoms with E-state index in [0.29, 0.717) is 30.3 Å². The highest BCUT2D eigenvalue weighted by molar-refractivity contribution is 7.97. The smallest absolute Gasteiger partial charge is 0.416 e. The number of alkyl carbamates (subject to hydrolysis) is 1. The van der Waals surface area contributed by atoms with Gasteiger partial charge in [-0.2, -0.15) is 13.2 Å². The Morgan fingerprint density at radius 1 is 1.19 bits per heavy atom. The van der Waals surface area contributed by atoms with E-state index < -0.39 is 23.4 Å². The normalized spacial score (nSPS) is 16.2. The number of ether oxygens (including phenoxy) is 1. The average Bonchev–Trinajstić information content (AvgIpc) is 2.76. The van der Waals surface area contributed by atoms with Crippen molar-refractivity contribution in [3.8, 4) is 0 Å². The molecule has 1 aromatic carbocycles. The molecule has 1 saturated heterocycles. The van der Waals surface area contributed by atoms with Crippen LogP contribution in [0.2, 0.25) is 0 Å². The lowest BCUT2D eigenvalue weighted by Gasteiger charge is -2.38. The number of nitrogens with one attached hydrogen (secondary N) is 1. The lowest BCUT2D eigenvalue weighted by Crippen LogP contribution is -2.47. The number of amides is 2. The number of carbonyl (C=O) groups excluding carboxylic acids is 2. The molecule has 37 heavy (non-hydrogen) atoms. The number of alkyl halides is 3. The van der Waals surface area contributed by atoms with E-state index in [1.165, 1.54) is 24.1 Å². The second kappa shape index (κ2) is 13.7. The van der Waals surface area contributed by atoms with E-state index in [9.17, 15) is 22.8 Å². The van der Waals surface area contributed by atoms with Crippen molar-refractivity contribution in [1.82, 2.24) is 14.5 Å². The molecule has 6 nitrogen and oxygen atoms in total. The zero-order valence-electron chi connectivity index (χ0n) is 22.9. The monoisotopic (exact) mass is 545 g/mol. The number of likely N-dealkylation sites (tertiary alicyclic amines) is 1. The highest BCUT2D eigenvalue weighted by atomic mass is 32.2. The van der Waals surface area contributed by atoms with Crippen LogP contribution in [0.15, 0.2) is 29.2 Å². The van der Waals surface area contributed by atoms with E-state index in [1.807, 2.05) is 25.7 Å². The molecular weight excluding hydrogens is 503 g/mol. The fourth-order valence-electron chi connectivity index (χ4n) is 4.37. The van der Waals surface area contributed by atoms with E-state index in [2.05, 4.69) is 9.62 Å². The van der Waals surface area contributed by atoms with Crippen LogP contribution in [0.5, 0.6) is 0 Å². The summed E-state index contributed by atoms with van der Waals surface area (Å²) in [4.78, 5) is 27.8. The number of halogens is 3. The number of piperidine rings is 1. The van der Waals surface area contributed by atoms with Crippen LogP contribution in [0, 0.1) is 5.92 Å². The minimum Gasteiger partial charge on any atom is -0.444 e. The van der Waals surface area contributed by atoms with Crippen molar-refractivity contribution in [3.63, 3.8) is 0 Å². The first-order valence-corrected chi connectivity index (χ1v) is 13.8. The molecule has 1 unspecified atom stereocenters. The van der Waals surface area contributed by atoms with Gasteiger partial charge in [0.25, 0.3) is 0 Å². The van der Waals surface area contributed by atoms with E-state index in [0.717, 1.165) is 31.9 Å². The maximum absolute atomic E-state index is 13.1. The summed E-state index contributed by atoms with van der Waals surface area (Å²) in [5.74, 6) is 0.293. The van der Waals surface area contributed by atoms with Gasteiger partial charge in [-0.3, -0.25) is 4.79 Å². The summed E-state index contributed by atoms with van der Waals surface area (Å²) in [5.41, 5.74) is -1.26. The molecule has 1 fully saturated rings. The Kier molecular flexibility index (Phi) is 11.6. The summed E-state index contributed by atoms with van der Waals surface area (Å²) in [5, 5.41) is 2.86. The van der Waals surface area contributed by atoms with Crippen LogP contribution in [-0.4, -0.2) is 58.5 Å². The first-order valence-electron chi connectivity index (χ1n) is 13.1. The number of hydrogen-bond acceptors (Lipinski definition) is 5. The predicted molar refractivity (Wildman–Crippen MR) is 141 cm³/mol. The molecular formula is C27H42F3N3O3S. The summed E-state index contributed by atoms with van der Waals surface area (Å²) >= 11 is 1.36. The molecule has 2 amide bonds. The van der Waals surface area contributed by atoms with Gasteiger partial charge < -0.3 is 15.0 Å². The fourth-order valence-corrected chi connectivity index (χ4v) is 5.59. The first kappa shape index (κ1) is 31.3. The second-order valence-electron chi connectivity index (χ2n) is 11.0. The molecule has 0 spiro atoms. The Balaban J connectivity index is 1.96. The number of carbonyl (C=O) groups is 2. The van der Waals surface area contributed by atoms with Gasteiger partial charge in [0, 0.05) is 43.0 Å². The minimum atomic E-state index is -4.37. The van der Waals surface area contributed by atoms with Gasteiger partial charge in [-0.1, -0.05) is 26.8 Å². The Hall–Kier alpha value is -1.94. The molecule has 1 aliphatic rings. The minimum absolute atomic E-state index is 0.00673. The second-order valence-corrected chi connectivity index (χ2v) is 12.2. The van der Waals surface area contributed by atoms with Crippen LogP contribution < -0.4 is 5.32 Å². The zero-order chi connectivity index (χ0) is 27.8. The van der Waals surface area contributed by atoms with Crippen molar-refractivity contribution in [1.29, 1.82) is 0 Å². The van der Waals surface area contributed by atoms with Crippen LogP contribution in [0.1, 0.15) is 79.2 Å². The van der Waals surface area contributed by atoms with Crippen molar-refractivity contribution >= 4 is 23.9 Å². The molecule has 1 atom stereocenters. The maximum atomic E-state index is 13.1. The first-order chi connectivity index (χ1) is 17.2.